The Labute approximate surface area is 126 Å². The zero-order valence-electron chi connectivity index (χ0n) is 8.66. The Morgan fingerprint density at radius 2 is 2.00 bits per heavy atom. The van der Waals surface area contributed by atoms with Crippen molar-refractivity contribution < 1.29 is 5.11 Å². The van der Waals surface area contributed by atoms with E-state index < -0.39 is 6.10 Å². The highest BCUT2D eigenvalue weighted by molar-refractivity contribution is 9.11. The first-order valence-corrected chi connectivity index (χ1v) is 7.71. The fourth-order valence-corrected chi connectivity index (χ4v) is 3.97. The van der Waals surface area contributed by atoms with Crippen molar-refractivity contribution in [3.05, 3.63) is 54.1 Å². The van der Waals surface area contributed by atoms with Gasteiger partial charge in [0, 0.05) is 20.2 Å². The molecule has 1 heterocycles. The molecule has 0 aliphatic carbocycles. The molecule has 1 N–H and O–H groups in total. The van der Waals surface area contributed by atoms with Crippen molar-refractivity contribution in [3.63, 3.8) is 0 Å². The minimum atomic E-state index is -0.521. The maximum atomic E-state index is 10.2. The first-order valence-electron chi connectivity index (χ1n) is 4.93. The normalized spacial score (nSPS) is 12.7. The van der Waals surface area contributed by atoms with Crippen LogP contribution < -0.4 is 0 Å². The minimum absolute atomic E-state index is 0.521. The number of aliphatic hydroxyl groups excluding tert-OH is 1. The molecule has 90 valence electrons. The van der Waals surface area contributed by atoms with Crippen LogP contribution in [0.3, 0.4) is 0 Å². The SMILES string of the molecule is OC(Cc1ccc(Cl)s1)c1ccc(Br)cc1Br. The Kier molecular flexibility index (Phi) is 4.66. The Hall–Kier alpha value is 0.130. The second kappa shape index (κ2) is 5.85. The van der Waals surface area contributed by atoms with Gasteiger partial charge in [0.2, 0.25) is 0 Å². The third kappa shape index (κ3) is 3.55. The lowest BCUT2D eigenvalue weighted by molar-refractivity contribution is 0.178. The van der Waals surface area contributed by atoms with Crippen LogP contribution in [0.4, 0.5) is 0 Å². The zero-order valence-corrected chi connectivity index (χ0v) is 13.4. The van der Waals surface area contributed by atoms with Gasteiger partial charge in [-0.3, -0.25) is 0 Å². The van der Waals surface area contributed by atoms with E-state index in [0.29, 0.717) is 6.42 Å². The lowest BCUT2D eigenvalue weighted by atomic mass is 10.1. The summed E-state index contributed by atoms with van der Waals surface area (Å²) in [5.74, 6) is 0. The van der Waals surface area contributed by atoms with Crippen LogP contribution in [0.2, 0.25) is 4.34 Å². The van der Waals surface area contributed by atoms with Crippen LogP contribution in [0.1, 0.15) is 16.5 Å². The molecule has 0 radical (unpaired) electrons. The zero-order chi connectivity index (χ0) is 12.4. The van der Waals surface area contributed by atoms with E-state index in [4.69, 9.17) is 11.6 Å². The molecule has 0 fully saturated rings. The number of benzene rings is 1. The summed E-state index contributed by atoms with van der Waals surface area (Å²) in [7, 11) is 0. The average molecular weight is 397 g/mol. The van der Waals surface area contributed by atoms with Gasteiger partial charge in [0.25, 0.3) is 0 Å². The molecule has 1 aromatic heterocycles. The molecular formula is C12H9Br2ClOS. The molecule has 0 saturated carbocycles. The molecule has 0 aliphatic heterocycles. The molecule has 2 aromatic rings. The number of hydrogen-bond donors (Lipinski definition) is 1. The molecule has 5 heteroatoms. The van der Waals surface area contributed by atoms with Crippen molar-refractivity contribution in [3.8, 4) is 0 Å². The predicted molar refractivity (Wildman–Crippen MR) is 79.8 cm³/mol. The second-order valence-electron chi connectivity index (χ2n) is 3.59. The third-order valence-corrected chi connectivity index (χ3v) is 4.78. The molecule has 1 unspecified atom stereocenters. The molecule has 1 atom stereocenters. The van der Waals surface area contributed by atoms with Gasteiger partial charge in [-0.1, -0.05) is 49.5 Å². The number of halogens is 3. The summed E-state index contributed by atoms with van der Waals surface area (Å²) in [6.07, 6.45) is 0.0599. The van der Waals surface area contributed by atoms with Gasteiger partial charge < -0.3 is 5.11 Å². The number of aliphatic hydroxyl groups is 1. The topological polar surface area (TPSA) is 20.2 Å². The molecule has 0 bridgehead atoms. The van der Waals surface area contributed by atoms with Crippen molar-refractivity contribution >= 4 is 54.8 Å². The molecule has 0 spiro atoms. The Morgan fingerprint density at radius 1 is 1.24 bits per heavy atom. The van der Waals surface area contributed by atoms with Crippen LogP contribution in [0, 0.1) is 0 Å². The van der Waals surface area contributed by atoms with E-state index in [-0.39, 0.29) is 0 Å². The van der Waals surface area contributed by atoms with Crippen LogP contribution in [-0.2, 0) is 6.42 Å². The number of thiophene rings is 1. The van der Waals surface area contributed by atoms with Gasteiger partial charge in [-0.25, -0.2) is 0 Å². The van der Waals surface area contributed by atoms with Gasteiger partial charge in [0.15, 0.2) is 0 Å². The number of rotatable bonds is 3. The summed E-state index contributed by atoms with van der Waals surface area (Å²) in [5.41, 5.74) is 0.887. The van der Waals surface area contributed by atoms with Crippen molar-refractivity contribution in [2.75, 3.05) is 0 Å². The van der Waals surface area contributed by atoms with Crippen molar-refractivity contribution in [1.82, 2.24) is 0 Å². The maximum Gasteiger partial charge on any atom is 0.0931 e. The minimum Gasteiger partial charge on any atom is -0.388 e. The first kappa shape index (κ1) is 13.6. The van der Waals surface area contributed by atoms with E-state index in [1.165, 1.54) is 11.3 Å². The Morgan fingerprint density at radius 3 is 2.59 bits per heavy atom. The standard InChI is InChI=1S/C12H9Br2ClOS/c13-7-1-3-9(10(14)5-7)11(16)6-8-2-4-12(15)17-8/h1-5,11,16H,6H2. The molecule has 0 aliphatic rings. The van der Waals surface area contributed by atoms with E-state index in [1.807, 2.05) is 30.3 Å². The average Bonchev–Trinajstić information content (AvgIpc) is 2.63. The molecular weight excluding hydrogens is 387 g/mol. The van der Waals surface area contributed by atoms with Gasteiger partial charge in [0.1, 0.15) is 0 Å². The first-order chi connectivity index (χ1) is 8.06. The highest BCUT2D eigenvalue weighted by Gasteiger charge is 2.13. The van der Waals surface area contributed by atoms with Gasteiger partial charge >= 0.3 is 0 Å². The lowest BCUT2D eigenvalue weighted by Gasteiger charge is -2.12. The van der Waals surface area contributed by atoms with Crippen molar-refractivity contribution in [2.24, 2.45) is 0 Å². The molecule has 17 heavy (non-hydrogen) atoms. The van der Waals surface area contributed by atoms with E-state index >= 15 is 0 Å². The predicted octanol–water partition coefficient (Wildman–Crippen LogP) is 5.20. The van der Waals surface area contributed by atoms with Gasteiger partial charge in [-0.05, 0) is 29.8 Å². The van der Waals surface area contributed by atoms with Crippen LogP contribution in [-0.4, -0.2) is 5.11 Å². The van der Waals surface area contributed by atoms with E-state index in [1.54, 1.807) is 0 Å². The molecule has 0 saturated heterocycles. The highest BCUT2D eigenvalue weighted by atomic mass is 79.9. The van der Waals surface area contributed by atoms with Crippen LogP contribution in [0.15, 0.2) is 39.3 Å². The van der Waals surface area contributed by atoms with E-state index in [0.717, 1.165) is 23.7 Å². The molecule has 1 nitrogen and oxygen atoms in total. The summed E-state index contributed by atoms with van der Waals surface area (Å²) >= 11 is 14.2. The Balaban J connectivity index is 2.17. The fraction of sp³-hybridized carbons (Fsp3) is 0.167. The van der Waals surface area contributed by atoms with Crippen LogP contribution >= 0.6 is 54.8 Å². The largest absolute Gasteiger partial charge is 0.388 e. The monoisotopic (exact) mass is 394 g/mol. The Bertz CT molecular complexity index is 527. The van der Waals surface area contributed by atoms with E-state index in [2.05, 4.69) is 31.9 Å². The van der Waals surface area contributed by atoms with E-state index in [9.17, 15) is 5.11 Å². The third-order valence-electron chi connectivity index (χ3n) is 2.34. The summed E-state index contributed by atoms with van der Waals surface area (Å²) in [6.45, 7) is 0. The summed E-state index contributed by atoms with van der Waals surface area (Å²) in [5, 5.41) is 10.2. The lowest BCUT2D eigenvalue weighted by Crippen LogP contribution is -2.01. The summed E-state index contributed by atoms with van der Waals surface area (Å²) in [6, 6.07) is 9.56. The number of hydrogen-bond acceptors (Lipinski definition) is 2. The smallest absolute Gasteiger partial charge is 0.0931 e. The van der Waals surface area contributed by atoms with Gasteiger partial charge in [-0.2, -0.15) is 0 Å². The van der Waals surface area contributed by atoms with Crippen LogP contribution in [0.5, 0.6) is 0 Å². The maximum absolute atomic E-state index is 10.2. The second-order valence-corrected chi connectivity index (χ2v) is 7.16. The van der Waals surface area contributed by atoms with Gasteiger partial charge in [0.05, 0.1) is 10.4 Å². The molecule has 1 aromatic carbocycles. The summed E-state index contributed by atoms with van der Waals surface area (Å²) in [4.78, 5) is 1.08. The van der Waals surface area contributed by atoms with Crippen molar-refractivity contribution in [1.29, 1.82) is 0 Å². The molecule has 0 amide bonds. The van der Waals surface area contributed by atoms with Crippen molar-refractivity contribution in [2.45, 2.75) is 12.5 Å². The summed E-state index contributed by atoms with van der Waals surface area (Å²) < 4.78 is 2.64. The van der Waals surface area contributed by atoms with Crippen LogP contribution in [0.25, 0.3) is 0 Å². The molecule has 2 rings (SSSR count). The quantitative estimate of drug-likeness (QED) is 0.756. The van der Waals surface area contributed by atoms with Gasteiger partial charge in [-0.15, -0.1) is 11.3 Å². The highest BCUT2D eigenvalue weighted by Crippen LogP contribution is 2.31. The fourth-order valence-electron chi connectivity index (χ4n) is 1.53.